The molecule has 27 heavy (non-hydrogen) atoms. The number of rotatable bonds is 8. The predicted octanol–water partition coefficient (Wildman–Crippen LogP) is 3.18. The fraction of sp³-hybridized carbons (Fsp3) is 0.211. The molecule has 2 aromatic carbocycles. The van der Waals surface area contributed by atoms with Crippen molar-refractivity contribution in [2.24, 2.45) is 0 Å². The average Bonchev–Trinajstić information content (AvgIpc) is 2.61. The molecule has 0 saturated carbocycles. The molecule has 1 N–H and O–H groups in total. The van der Waals surface area contributed by atoms with Crippen LogP contribution in [0.2, 0.25) is 0 Å². The van der Waals surface area contributed by atoms with Gasteiger partial charge in [0.2, 0.25) is 15.9 Å². The Morgan fingerprint density at radius 1 is 1.30 bits per heavy atom. The summed E-state index contributed by atoms with van der Waals surface area (Å²) >= 11 is 0. The Bertz CT molecular complexity index is 914. The fourth-order valence-corrected chi connectivity index (χ4v) is 3.64. The lowest BCUT2D eigenvalue weighted by atomic mass is 10.2. The number of hydrogen-bond donors (Lipinski definition) is 1. The van der Waals surface area contributed by atoms with E-state index in [-0.39, 0.29) is 5.69 Å². The second-order valence-corrected chi connectivity index (χ2v) is 7.69. The highest BCUT2D eigenvalue weighted by Crippen LogP contribution is 2.23. The molecular formula is C19H21FN2O4S. The predicted molar refractivity (Wildman–Crippen MR) is 104 cm³/mol. The Morgan fingerprint density at radius 2 is 1.96 bits per heavy atom. The third kappa shape index (κ3) is 5.55. The number of carbonyl (C=O) groups is 1. The molecule has 1 atom stereocenters. The van der Waals surface area contributed by atoms with Gasteiger partial charge in [-0.1, -0.05) is 18.7 Å². The molecule has 1 amide bonds. The number of ether oxygens (including phenoxy) is 1. The number of hydrogen-bond acceptors (Lipinski definition) is 4. The van der Waals surface area contributed by atoms with E-state index in [1.807, 2.05) is 0 Å². The van der Waals surface area contributed by atoms with Crippen LogP contribution < -0.4 is 14.4 Å². The van der Waals surface area contributed by atoms with Crippen molar-refractivity contribution in [2.75, 3.05) is 22.5 Å². The number of nitrogens with zero attached hydrogens (tertiary/aromatic N) is 1. The summed E-state index contributed by atoms with van der Waals surface area (Å²) in [5, 5.41) is 2.67. The van der Waals surface area contributed by atoms with Gasteiger partial charge in [-0.2, -0.15) is 0 Å². The van der Waals surface area contributed by atoms with E-state index in [2.05, 4.69) is 11.9 Å². The quantitative estimate of drug-likeness (QED) is 0.700. The van der Waals surface area contributed by atoms with E-state index in [9.17, 15) is 17.6 Å². The maximum atomic E-state index is 13.2. The highest BCUT2D eigenvalue weighted by Gasteiger charge is 2.29. The van der Waals surface area contributed by atoms with Crippen LogP contribution in [0.25, 0.3) is 0 Å². The molecule has 6 nitrogen and oxygen atoms in total. The van der Waals surface area contributed by atoms with Crippen LogP contribution >= 0.6 is 0 Å². The highest BCUT2D eigenvalue weighted by atomic mass is 32.2. The van der Waals surface area contributed by atoms with Gasteiger partial charge in [-0.3, -0.25) is 9.10 Å². The standard InChI is InChI=1S/C19H21FN2O4S/c1-4-12-26-18-7-5-6-16(13-18)21-19(23)14(2)22(27(3,24)25)17-10-8-15(20)9-11-17/h4-11,13-14H,1,12H2,2-3H3,(H,21,23)/t14-/m0/s1. The number of anilines is 2. The van der Waals surface area contributed by atoms with Crippen LogP contribution in [0, 0.1) is 5.82 Å². The topological polar surface area (TPSA) is 75.7 Å². The molecule has 0 unspecified atom stereocenters. The number of carbonyl (C=O) groups excluding carboxylic acids is 1. The second kappa shape index (κ2) is 8.68. The van der Waals surface area contributed by atoms with Gasteiger partial charge < -0.3 is 10.1 Å². The van der Waals surface area contributed by atoms with Gasteiger partial charge in [0.05, 0.1) is 11.9 Å². The number of sulfonamides is 1. The van der Waals surface area contributed by atoms with Crippen LogP contribution in [0.15, 0.2) is 61.2 Å². The first-order valence-electron chi connectivity index (χ1n) is 8.12. The molecule has 2 rings (SSSR count). The fourth-order valence-electron chi connectivity index (χ4n) is 2.46. The molecule has 0 fully saturated rings. The highest BCUT2D eigenvalue weighted by molar-refractivity contribution is 7.92. The molecule has 0 bridgehead atoms. The number of benzene rings is 2. The molecule has 0 aliphatic rings. The van der Waals surface area contributed by atoms with E-state index in [0.717, 1.165) is 22.7 Å². The van der Waals surface area contributed by atoms with Gasteiger partial charge in [-0.05, 0) is 43.3 Å². The Kier molecular flexibility index (Phi) is 6.57. The maximum absolute atomic E-state index is 13.2. The Balaban J connectivity index is 2.22. The summed E-state index contributed by atoms with van der Waals surface area (Å²) in [7, 11) is -3.77. The SMILES string of the molecule is C=CCOc1cccc(NC(=O)[C@H](C)N(c2ccc(F)cc2)S(C)(=O)=O)c1. The molecule has 0 saturated heterocycles. The zero-order valence-electron chi connectivity index (χ0n) is 15.1. The molecule has 0 radical (unpaired) electrons. The second-order valence-electron chi connectivity index (χ2n) is 5.83. The number of halogens is 1. The summed E-state index contributed by atoms with van der Waals surface area (Å²) in [6.07, 6.45) is 2.59. The molecule has 0 aromatic heterocycles. The van der Waals surface area contributed by atoms with Gasteiger partial charge >= 0.3 is 0 Å². The zero-order chi connectivity index (χ0) is 20.0. The van der Waals surface area contributed by atoms with Crippen LogP contribution in [-0.4, -0.2) is 33.2 Å². The summed E-state index contributed by atoms with van der Waals surface area (Å²) in [6, 6.07) is 10.6. The molecule has 8 heteroatoms. The summed E-state index contributed by atoms with van der Waals surface area (Å²) in [5.74, 6) is -0.495. The first-order valence-corrected chi connectivity index (χ1v) is 9.97. The Hall–Kier alpha value is -2.87. The first kappa shape index (κ1) is 20.4. The monoisotopic (exact) mass is 392 g/mol. The Morgan fingerprint density at radius 3 is 2.56 bits per heavy atom. The first-order chi connectivity index (χ1) is 12.7. The van der Waals surface area contributed by atoms with Crippen molar-refractivity contribution in [3.63, 3.8) is 0 Å². The molecule has 0 aliphatic heterocycles. The van der Waals surface area contributed by atoms with Crippen LogP contribution in [0.4, 0.5) is 15.8 Å². The molecular weight excluding hydrogens is 371 g/mol. The Labute approximate surface area is 158 Å². The van der Waals surface area contributed by atoms with Gasteiger partial charge in [-0.25, -0.2) is 12.8 Å². The normalized spacial score (nSPS) is 12.1. The lowest BCUT2D eigenvalue weighted by molar-refractivity contribution is -0.116. The van der Waals surface area contributed by atoms with Gasteiger partial charge in [0, 0.05) is 11.8 Å². The van der Waals surface area contributed by atoms with Gasteiger partial charge in [0.1, 0.15) is 24.2 Å². The van der Waals surface area contributed by atoms with Crippen molar-refractivity contribution in [2.45, 2.75) is 13.0 Å². The zero-order valence-corrected chi connectivity index (χ0v) is 15.9. The van der Waals surface area contributed by atoms with E-state index in [0.29, 0.717) is 18.0 Å². The smallest absolute Gasteiger partial charge is 0.247 e. The van der Waals surface area contributed by atoms with Gasteiger partial charge in [-0.15, -0.1) is 0 Å². The van der Waals surface area contributed by atoms with E-state index >= 15 is 0 Å². The van der Waals surface area contributed by atoms with Crippen LogP contribution in [0.5, 0.6) is 5.75 Å². The van der Waals surface area contributed by atoms with Crippen molar-refractivity contribution in [1.29, 1.82) is 0 Å². The van der Waals surface area contributed by atoms with Crippen LogP contribution in [0.1, 0.15) is 6.92 Å². The molecule has 0 aliphatic carbocycles. The number of amides is 1. The summed E-state index contributed by atoms with van der Waals surface area (Å²) in [6.45, 7) is 5.34. The summed E-state index contributed by atoms with van der Waals surface area (Å²) < 4.78 is 43.9. The van der Waals surface area contributed by atoms with Crippen LogP contribution in [-0.2, 0) is 14.8 Å². The van der Waals surface area contributed by atoms with Gasteiger partial charge in [0.15, 0.2) is 0 Å². The minimum absolute atomic E-state index is 0.199. The average molecular weight is 392 g/mol. The van der Waals surface area contributed by atoms with E-state index < -0.39 is 27.8 Å². The third-order valence-corrected chi connectivity index (χ3v) is 4.88. The maximum Gasteiger partial charge on any atom is 0.247 e. The van der Waals surface area contributed by atoms with E-state index in [4.69, 9.17) is 4.74 Å². The molecule has 0 spiro atoms. The van der Waals surface area contributed by atoms with Crippen molar-refractivity contribution < 1.29 is 22.3 Å². The lowest BCUT2D eigenvalue weighted by Crippen LogP contribution is -2.45. The lowest BCUT2D eigenvalue weighted by Gasteiger charge is -2.28. The van der Waals surface area contributed by atoms with Crippen molar-refractivity contribution in [3.8, 4) is 5.75 Å². The van der Waals surface area contributed by atoms with Crippen molar-refractivity contribution >= 4 is 27.3 Å². The number of nitrogens with one attached hydrogen (secondary N) is 1. The van der Waals surface area contributed by atoms with E-state index in [1.54, 1.807) is 30.3 Å². The molecule has 144 valence electrons. The third-order valence-electron chi connectivity index (χ3n) is 3.64. The minimum Gasteiger partial charge on any atom is -0.489 e. The molecule has 2 aromatic rings. The van der Waals surface area contributed by atoms with Crippen LogP contribution in [0.3, 0.4) is 0 Å². The van der Waals surface area contributed by atoms with Crippen molar-refractivity contribution in [3.05, 3.63) is 67.0 Å². The van der Waals surface area contributed by atoms with Gasteiger partial charge in [0.25, 0.3) is 0 Å². The summed E-state index contributed by atoms with van der Waals surface area (Å²) in [5.41, 5.74) is 0.658. The van der Waals surface area contributed by atoms with E-state index in [1.165, 1.54) is 19.1 Å². The molecule has 0 heterocycles. The minimum atomic E-state index is -3.77. The summed E-state index contributed by atoms with van der Waals surface area (Å²) in [4.78, 5) is 12.6. The largest absolute Gasteiger partial charge is 0.489 e. The van der Waals surface area contributed by atoms with Crippen molar-refractivity contribution in [1.82, 2.24) is 0 Å².